The van der Waals surface area contributed by atoms with Gasteiger partial charge in [0, 0.05) is 0 Å². The zero-order chi connectivity index (χ0) is 13.5. The maximum absolute atomic E-state index is 9.16. The Morgan fingerprint density at radius 1 is 0.895 bits per heavy atom. The van der Waals surface area contributed by atoms with E-state index in [1.807, 2.05) is 0 Å². The average Bonchev–Trinajstić information content (AvgIpc) is 2.46. The second kappa shape index (κ2) is 6.83. The van der Waals surface area contributed by atoms with Crippen LogP contribution < -0.4 is 4.74 Å². The van der Waals surface area contributed by atoms with Gasteiger partial charge in [0.15, 0.2) is 0 Å². The third-order valence-electron chi connectivity index (χ3n) is 3.15. The summed E-state index contributed by atoms with van der Waals surface area (Å²) >= 11 is 0. The molecule has 0 radical (unpaired) electrons. The SMILES string of the molecule is CCc1ccc(CCCOc2ccc(O)cc2)cc1. The van der Waals surface area contributed by atoms with Crippen molar-refractivity contribution in [2.45, 2.75) is 26.2 Å². The molecule has 1 N–H and O–H groups in total. The largest absolute Gasteiger partial charge is 0.508 e. The molecular weight excluding hydrogens is 236 g/mol. The van der Waals surface area contributed by atoms with Crippen LogP contribution in [-0.4, -0.2) is 11.7 Å². The molecule has 100 valence electrons. The zero-order valence-corrected chi connectivity index (χ0v) is 11.3. The van der Waals surface area contributed by atoms with Gasteiger partial charge in [0.25, 0.3) is 0 Å². The van der Waals surface area contributed by atoms with E-state index in [2.05, 4.69) is 31.2 Å². The van der Waals surface area contributed by atoms with Crippen molar-refractivity contribution in [1.82, 2.24) is 0 Å². The quantitative estimate of drug-likeness (QED) is 0.792. The van der Waals surface area contributed by atoms with E-state index in [0.29, 0.717) is 6.61 Å². The highest BCUT2D eigenvalue weighted by Crippen LogP contribution is 2.16. The molecule has 19 heavy (non-hydrogen) atoms. The smallest absolute Gasteiger partial charge is 0.119 e. The minimum Gasteiger partial charge on any atom is -0.508 e. The highest BCUT2D eigenvalue weighted by atomic mass is 16.5. The molecule has 0 amide bonds. The van der Waals surface area contributed by atoms with E-state index in [0.717, 1.165) is 25.0 Å². The van der Waals surface area contributed by atoms with E-state index in [4.69, 9.17) is 9.84 Å². The summed E-state index contributed by atoms with van der Waals surface area (Å²) in [5.74, 6) is 1.07. The first-order chi connectivity index (χ1) is 9.28. The maximum Gasteiger partial charge on any atom is 0.119 e. The van der Waals surface area contributed by atoms with Crippen molar-refractivity contribution in [3.8, 4) is 11.5 Å². The molecular formula is C17H20O2. The molecule has 0 saturated heterocycles. The molecule has 0 bridgehead atoms. The highest BCUT2D eigenvalue weighted by molar-refractivity contribution is 5.30. The fourth-order valence-corrected chi connectivity index (χ4v) is 1.95. The van der Waals surface area contributed by atoms with Crippen molar-refractivity contribution in [2.24, 2.45) is 0 Å². The predicted octanol–water partition coefficient (Wildman–Crippen LogP) is 3.97. The number of phenolic OH excluding ortho intramolecular Hbond substituents is 1. The number of hydrogen-bond acceptors (Lipinski definition) is 2. The Morgan fingerprint density at radius 3 is 2.16 bits per heavy atom. The Bertz CT molecular complexity index is 486. The second-order valence-electron chi connectivity index (χ2n) is 4.62. The highest BCUT2D eigenvalue weighted by Gasteiger charge is 1.96. The summed E-state index contributed by atoms with van der Waals surface area (Å²) in [6.07, 6.45) is 3.11. The summed E-state index contributed by atoms with van der Waals surface area (Å²) in [6.45, 7) is 2.86. The third-order valence-corrected chi connectivity index (χ3v) is 3.15. The van der Waals surface area contributed by atoms with E-state index in [1.54, 1.807) is 24.3 Å². The number of hydrogen-bond donors (Lipinski definition) is 1. The van der Waals surface area contributed by atoms with Crippen molar-refractivity contribution >= 4 is 0 Å². The fraction of sp³-hybridized carbons (Fsp3) is 0.294. The van der Waals surface area contributed by atoms with Gasteiger partial charge < -0.3 is 9.84 Å². The van der Waals surface area contributed by atoms with Crippen LogP contribution in [0.4, 0.5) is 0 Å². The van der Waals surface area contributed by atoms with Gasteiger partial charge in [-0.05, 0) is 54.7 Å². The molecule has 0 spiro atoms. The zero-order valence-electron chi connectivity index (χ0n) is 11.3. The van der Waals surface area contributed by atoms with Gasteiger partial charge in [-0.25, -0.2) is 0 Å². The molecule has 0 unspecified atom stereocenters. The fourth-order valence-electron chi connectivity index (χ4n) is 1.95. The van der Waals surface area contributed by atoms with Gasteiger partial charge in [0.2, 0.25) is 0 Å². The van der Waals surface area contributed by atoms with Crippen molar-refractivity contribution in [3.05, 3.63) is 59.7 Å². The Morgan fingerprint density at radius 2 is 1.53 bits per heavy atom. The van der Waals surface area contributed by atoms with Gasteiger partial charge in [0.05, 0.1) is 6.61 Å². The molecule has 0 aromatic heterocycles. The molecule has 2 aromatic carbocycles. The Hall–Kier alpha value is -1.96. The van der Waals surface area contributed by atoms with E-state index < -0.39 is 0 Å². The van der Waals surface area contributed by atoms with Crippen LogP contribution in [0.1, 0.15) is 24.5 Å². The first kappa shape index (κ1) is 13.5. The van der Waals surface area contributed by atoms with E-state index in [1.165, 1.54) is 11.1 Å². The first-order valence-corrected chi connectivity index (χ1v) is 6.77. The van der Waals surface area contributed by atoms with Gasteiger partial charge in [0.1, 0.15) is 11.5 Å². The number of benzene rings is 2. The van der Waals surface area contributed by atoms with Crippen LogP contribution in [0.3, 0.4) is 0 Å². The van der Waals surface area contributed by atoms with Gasteiger partial charge >= 0.3 is 0 Å². The minimum absolute atomic E-state index is 0.267. The van der Waals surface area contributed by atoms with Crippen LogP contribution in [-0.2, 0) is 12.8 Å². The summed E-state index contributed by atoms with van der Waals surface area (Å²) < 4.78 is 5.62. The molecule has 2 rings (SSSR count). The molecule has 0 aliphatic heterocycles. The van der Waals surface area contributed by atoms with Gasteiger partial charge in [-0.2, -0.15) is 0 Å². The standard InChI is InChI=1S/C17H20O2/c1-2-14-5-7-15(8-6-14)4-3-13-19-17-11-9-16(18)10-12-17/h5-12,18H,2-4,13H2,1H3. The molecule has 0 aliphatic carbocycles. The van der Waals surface area contributed by atoms with Crippen LogP contribution in [0.2, 0.25) is 0 Å². The van der Waals surface area contributed by atoms with Crippen molar-refractivity contribution < 1.29 is 9.84 Å². The van der Waals surface area contributed by atoms with Crippen LogP contribution >= 0.6 is 0 Å². The molecule has 0 fully saturated rings. The van der Waals surface area contributed by atoms with E-state index in [-0.39, 0.29) is 5.75 Å². The number of ether oxygens (including phenoxy) is 1. The summed E-state index contributed by atoms with van der Waals surface area (Å²) in [4.78, 5) is 0. The van der Waals surface area contributed by atoms with Crippen molar-refractivity contribution in [1.29, 1.82) is 0 Å². The van der Waals surface area contributed by atoms with Crippen LogP contribution in [0.5, 0.6) is 11.5 Å². The van der Waals surface area contributed by atoms with Crippen LogP contribution in [0, 0.1) is 0 Å². The monoisotopic (exact) mass is 256 g/mol. The lowest BCUT2D eigenvalue weighted by Gasteiger charge is -2.06. The summed E-state index contributed by atoms with van der Waals surface area (Å²) in [6, 6.07) is 15.6. The van der Waals surface area contributed by atoms with Crippen LogP contribution in [0.25, 0.3) is 0 Å². The topological polar surface area (TPSA) is 29.5 Å². The van der Waals surface area contributed by atoms with Gasteiger partial charge in [-0.15, -0.1) is 0 Å². The Balaban J connectivity index is 1.72. The average molecular weight is 256 g/mol. The van der Waals surface area contributed by atoms with Crippen molar-refractivity contribution in [2.75, 3.05) is 6.61 Å². The normalized spacial score (nSPS) is 10.4. The predicted molar refractivity (Wildman–Crippen MR) is 77.7 cm³/mol. The molecule has 0 atom stereocenters. The molecule has 2 heteroatoms. The lowest BCUT2D eigenvalue weighted by Crippen LogP contribution is -1.99. The maximum atomic E-state index is 9.16. The number of phenols is 1. The Kier molecular flexibility index (Phi) is 4.85. The first-order valence-electron chi connectivity index (χ1n) is 6.77. The number of rotatable bonds is 6. The summed E-state index contributed by atoms with van der Waals surface area (Å²) in [7, 11) is 0. The van der Waals surface area contributed by atoms with Gasteiger partial charge in [-0.3, -0.25) is 0 Å². The molecule has 2 aromatic rings. The second-order valence-corrected chi connectivity index (χ2v) is 4.62. The number of aromatic hydroxyl groups is 1. The molecule has 0 aliphatic rings. The Labute approximate surface area is 114 Å². The van der Waals surface area contributed by atoms with Crippen LogP contribution in [0.15, 0.2) is 48.5 Å². The van der Waals surface area contributed by atoms with Crippen molar-refractivity contribution in [3.63, 3.8) is 0 Å². The minimum atomic E-state index is 0.267. The van der Waals surface area contributed by atoms with E-state index >= 15 is 0 Å². The summed E-state index contributed by atoms with van der Waals surface area (Å²) in [5, 5.41) is 9.16. The lowest BCUT2D eigenvalue weighted by molar-refractivity contribution is 0.310. The summed E-state index contributed by atoms with van der Waals surface area (Å²) in [5.41, 5.74) is 2.73. The van der Waals surface area contributed by atoms with Gasteiger partial charge in [-0.1, -0.05) is 31.2 Å². The molecule has 0 saturated carbocycles. The van der Waals surface area contributed by atoms with E-state index in [9.17, 15) is 0 Å². The third kappa shape index (κ3) is 4.32. The molecule has 0 heterocycles. The number of aryl methyl sites for hydroxylation is 2. The molecule has 2 nitrogen and oxygen atoms in total. The lowest BCUT2D eigenvalue weighted by atomic mass is 10.1.